The molecule has 3 heteroatoms. The molecule has 0 radical (unpaired) electrons. The summed E-state index contributed by atoms with van der Waals surface area (Å²) >= 11 is 0. The highest BCUT2D eigenvalue weighted by atomic mass is 16.5. The van der Waals surface area contributed by atoms with E-state index in [9.17, 15) is 0 Å². The molecule has 0 saturated carbocycles. The van der Waals surface area contributed by atoms with Crippen LogP contribution in [0.4, 0.5) is 0 Å². The van der Waals surface area contributed by atoms with Crippen LogP contribution in [0.15, 0.2) is 18.2 Å². The zero-order chi connectivity index (χ0) is 12.5. The van der Waals surface area contributed by atoms with Crippen molar-refractivity contribution in [2.75, 3.05) is 26.9 Å². The van der Waals surface area contributed by atoms with E-state index in [1.807, 2.05) is 25.1 Å². The minimum absolute atomic E-state index is 0.116. The summed E-state index contributed by atoms with van der Waals surface area (Å²) in [5.41, 5.74) is 1.97. The molecule has 0 unspecified atom stereocenters. The number of aryl methyl sites for hydroxylation is 1. The second-order valence-corrected chi connectivity index (χ2v) is 3.63. The molecule has 0 aliphatic carbocycles. The van der Waals surface area contributed by atoms with Crippen LogP contribution in [0.25, 0.3) is 0 Å². The molecular weight excluding hydrogens is 216 g/mol. The Morgan fingerprint density at radius 3 is 2.76 bits per heavy atom. The molecule has 17 heavy (non-hydrogen) atoms. The van der Waals surface area contributed by atoms with Crippen LogP contribution in [-0.4, -0.2) is 32.0 Å². The molecule has 0 aliphatic rings. The van der Waals surface area contributed by atoms with Gasteiger partial charge in [0, 0.05) is 25.7 Å². The monoisotopic (exact) mass is 234 g/mol. The summed E-state index contributed by atoms with van der Waals surface area (Å²) in [6, 6.07) is 5.75. The first kappa shape index (κ1) is 13.6. The van der Waals surface area contributed by atoms with Gasteiger partial charge in [0.05, 0.1) is 6.61 Å². The van der Waals surface area contributed by atoms with Crippen molar-refractivity contribution in [3.63, 3.8) is 0 Å². The summed E-state index contributed by atoms with van der Waals surface area (Å²) in [7, 11) is 1.68. The first-order chi connectivity index (χ1) is 8.27. The Hall–Kier alpha value is -1.50. The first-order valence-corrected chi connectivity index (χ1v) is 5.60. The number of aliphatic hydroxyl groups excluding tert-OH is 1. The average molecular weight is 234 g/mol. The molecule has 0 fully saturated rings. The van der Waals surface area contributed by atoms with E-state index in [1.54, 1.807) is 7.11 Å². The Morgan fingerprint density at radius 2 is 2.12 bits per heavy atom. The van der Waals surface area contributed by atoms with Crippen LogP contribution >= 0.6 is 0 Å². The first-order valence-electron chi connectivity index (χ1n) is 5.60. The van der Waals surface area contributed by atoms with Crippen LogP contribution in [-0.2, 0) is 4.74 Å². The molecule has 0 aliphatic heterocycles. The number of ether oxygens (including phenoxy) is 2. The van der Waals surface area contributed by atoms with Gasteiger partial charge >= 0.3 is 0 Å². The third-order valence-corrected chi connectivity index (χ3v) is 2.26. The number of methoxy groups -OCH3 is 1. The minimum atomic E-state index is -0.116. The molecule has 0 heterocycles. The Morgan fingerprint density at radius 1 is 1.29 bits per heavy atom. The van der Waals surface area contributed by atoms with E-state index >= 15 is 0 Å². The second kappa shape index (κ2) is 7.72. The van der Waals surface area contributed by atoms with E-state index in [0.717, 1.165) is 23.3 Å². The highest BCUT2D eigenvalue weighted by Gasteiger charge is 1.98. The Labute approximate surface area is 102 Å². The third kappa shape index (κ3) is 4.90. The van der Waals surface area contributed by atoms with Gasteiger partial charge in [0.1, 0.15) is 12.4 Å². The predicted molar refractivity (Wildman–Crippen MR) is 67.1 cm³/mol. The quantitative estimate of drug-likeness (QED) is 0.623. The van der Waals surface area contributed by atoms with Crippen LogP contribution < -0.4 is 4.74 Å². The predicted octanol–water partition coefficient (Wildman–Crippen LogP) is 1.75. The molecule has 0 spiro atoms. The standard InChI is InChI=1S/C14H18O3/c1-12-11-14(17-10-4-9-16-2)7-6-13(12)5-3-8-15/h6-7,11,15H,4,8-10H2,1-2H3. The van der Waals surface area contributed by atoms with Crippen molar-refractivity contribution in [1.29, 1.82) is 0 Å². The van der Waals surface area contributed by atoms with E-state index in [1.165, 1.54) is 0 Å². The maximum absolute atomic E-state index is 8.63. The Kier molecular flexibility index (Phi) is 6.16. The minimum Gasteiger partial charge on any atom is -0.493 e. The molecule has 0 amide bonds. The van der Waals surface area contributed by atoms with Crippen molar-refractivity contribution in [3.05, 3.63) is 29.3 Å². The van der Waals surface area contributed by atoms with Crippen LogP contribution in [0.5, 0.6) is 5.75 Å². The number of hydrogen-bond acceptors (Lipinski definition) is 3. The maximum atomic E-state index is 8.63. The SMILES string of the molecule is COCCCOc1ccc(C#CCO)c(C)c1. The van der Waals surface area contributed by atoms with Gasteiger partial charge in [-0.05, 0) is 30.7 Å². The van der Waals surface area contributed by atoms with E-state index in [2.05, 4.69) is 11.8 Å². The molecule has 92 valence electrons. The van der Waals surface area contributed by atoms with E-state index in [4.69, 9.17) is 14.6 Å². The summed E-state index contributed by atoms with van der Waals surface area (Å²) in [4.78, 5) is 0. The van der Waals surface area contributed by atoms with Crippen LogP contribution in [0.3, 0.4) is 0 Å². The summed E-state index contributed by atoms with van der Waals surface area (Å²) in [6.07, 6.45) is 0.877. The molecule has 0 aromatic heterocycles. The number of benzene rings is 1. The number of rotatable bonds is 5. The van der Waals surface area contributed by atoms with Gasteiger partial charge in [0.2, 0.25) is 0 Å². The van der Waals surface area contributed by atoms with Crippen molar-refractivity contribution in [3.8, 4) is 17.6 Å². The second-order valence-electron chi connectivity index (χ2n) is 3.63. The van der Waals surface area contributed by atoms with Crippen LogP contribution in [0.1, 0.15) is 17.5 Å². The molecule has 0 bridgehead atoms. The maximum Gasteiger partial charge on any atom is 0.119 e. The van der Waals surface area contributed by atoms with E-state index in [0.29, 0.717) is 13.2 Å². The van der Waals surface area contributed by atoms with Gasteiger partial charge in [-0.3, -0.25) is 0 Å². The van der Waals surface area contributed by atoms with Gasteiger partial charge in [0.15, 0.2) is 0 Å². The lowest BCUT2D eigenvalue weighted by Crippen LogP contribution is -2.01. The smallest absolute Gasteiger partial charge is 0.119 e. The fraction of sp³-hybridized carbons (Fsp3) is 0.429. The van der Waals surface area contributed by atoms with Crippen molar-refractivity contribution < 1.29 is 14.6 Å². The topological polar surface area (TPSA) is 38.7 Å². The zero-order valence-electron chi connectivity index (χ0n) is 10.3. The molecule has 3 nitrogen and oxygen atoms in total. The van der Waals surface area contributed by atoms with Crippen molar-refractivity contribution in [2.24, 2.45) is 0 Å². The Bertz CT molecular complexity index is 402. The molecule has 1 aromatic rings. The summed E-state index contributed by atoms with van der Waals surface area (Å²) < 4.78 is 10.5. The molecule has 0 atom stereocenters. The third-order valence-electron chi connectivity index (χ3n) is 2.26. The molecular formula is C14H18O3. The fourth-order valence-corrected chi connectivity index (χ4v) is 1.39. The number of aliphatic hydroxyl groups is 1. The fourth-order valence-electron chi connectivity index (χ4n) is 1.39. The van der Waals surface area contributed by atoms with Crippen LogP contribution in [0.2, 0.25) is 0 Å². The van der Waals surface area contributed by atoms with E-state index < -0.39 is 0 Å². The largest absolute Gasteiger partial charge is 0.493 e. The zero-order valence-corrected chi connectivity index (χ0v) is 10.3. The van der Waals surface area contributed by atoms with E-state index in [-0.39, 0.29) is 6.61 Å². The van der Waals surface area contributed by atoms with Crippen molar-refractivity contribution in [1.82, 2.24) is 0 Å². The van der Waals surface area contributed by atoms with Gasteiger partial charge < -0.3 is 14.6 Å². The highest BCUT2D eigenvalue weighted by molar-refractivity contribution is 5.44. The van der Waals surface area contributed by atoms with Crippen LogP contribution in [0, 0.1) is 18.8 Å². The summed E-state index contributed by atoms with van der Waals surface area (Å²) in [5.74, 6) is 6.36. The van der Waals surface area contributed by atoms with Gasteiger partial charge in [-0.15, -0.1) is 0 Å². The van der Waals surface area contributed by atoms with Gasteiger partial charge in [-0.1, -0.05) is 11.8 Å². The van der Waals surface area contributed by atoms with Gasteiger partial charge in [-0.2, -0.15) is 0 Å². The highest BCUT2D eigenvalue weighted by Crippen LogP contribution is 2.16. The van der Waals surface area contributed by atoms with Gasteiger partial charge in [0.25, 0.3) is 0 Å². The average Bonchev–Trinajstić information content (AvgIpc) is 2.34. The van der Waals surface area contributed by atoms with Gasteiger partial charge in [-0.25, -0.2) is 0 Å². The number of hydrogen-bond donors (Lipinski definition) is 1. The summed E-state index contributed by atoms with van der Waals surface area (Å²) in [6.45, 7) is 3.21. The summed E-state index contributed by atoms with van der Waals surface area (Å²) in [5, 5.41) is 8.63. The lowest BCUT2D eigenvalue weighted by molar-refractivity contribution is 0.172. The van der Waals surface area contributed by atoms with Crippen molar-refractivity contribution in [2.45, 2.75) is 13.3 Å². The molecule has 1 aromatic carbocycles. The lowest BCUT2D eigenvalue weighted by atomic mass is 10.1. The Balaban J connectivity index is 2.56. The lowest BCUT2D eigenvalue weighted by Gasteiger charge is -2.07. The van der Waals surface area contributed by atoms with Crippen molar-refractivity contribution >= 4 is 0 Å². The molecule has 0 saturated heterocycles. The normalized spacial score (nSPS) is 9.59. The molecule has 1 N–H and O–H groups in total. The molecule has 1 rings (SSSR count).